The summed E-state index contributed by atoms with van der Waals surface area (Å²) < 4.78 is 5.48. The Balaban J connectivity index is 1.39. The van der Waals surface area contributed by atoms with Crippen LogP contribution in [0.5, 0.6) is 5.75 Å². The topological polar surface area (TPSA) is 68.3 Å². The summed E-state index contributed by atoms with van der Waals surface area (Å²) in [6.07, 6.45) is 0.887. The highest BCUT2D eigenvalue weighted by Gasteiger charge is 2.24. The third kappa shape index (κ3) is 5.78. The third-order valence-corrected chi connectivity index (χ3v) is 6.72. The molecule has 0 aliphatic carbocycles. The van der Waals surface area contributed by atoms with E-state index in [2.05, 4.69) is 40.6 Å². The van der Waals surface area contributed by atoms with Gasteiger partial charge in [-0.2, -0.15) is 0 Å². The molecule has 1 aliphatic heterocycles. The summed E-state index contributed by atoms with van der Waals surface area (Å²) in [5.41, 5.74) is 8.97. The van der Waals surface area contributed by atoms with Crippen molar-refractivity contribution in [1.82, 2.24) is 4.98 Å². The van der Waals surface area contributed by atoms with Crippen LogP contribution in [0.1, 0.15) is 46.1 Å². The Kier molecular flexibility index (Phi) is 6.87. The maximum absolute atomic E-state index is 13.0. The summed E-state index contributed by atoms with van der Waals surface area (Å²) in [6.45, 7) is 5.99. The van der Waals surface area contributed by atoms with Gasteiger partial charge >= 0.3 is 5.97 Å². The average Bonchev–Trinajstić information content (AvgIpc) is 3.02. The summed E-state index contributed by atoms with van der Waals surface area (Å²) in [5.74, 6) is 0.372. The number of rotatable bonds is 5. The average molecular weight is 491 g/mol. The van der Waals surface area contributed by atoms with Crippen molar-refractivity contribution >= 4 is 17.4 Å². The maximum Gasteiger partial charge on any atom is 0.315 e. The minimum absolute atomic E-state index is 0.133. The normalized spacial score (nSPS) is 14.9. The lowest BCUT2D eigenvalue weighted by Gasteiger charge is -2.20. The minimum atomic E-state index is -0.321. The van der Waals surface area contributed by atoms with Crippen molar-refractivity contribution in [2.45, 2.75) is 46.1 Å². The second-order valence-electron chi connectivity index (χ2n) is 9.78. The SMILES string of the molecule is Cc1cc(-c2cccc(C3CC(=O)Cc4cc(CC(=O)Oc5ccccc5)c(C)cc4N3)c2)cc(C)n1. The number of carbonyl (C=O) groups is 2. The zero-order valence-electron chi connectivity index (χ0n) is 21.4. The molecule has 0 radical (unpaired) electrons. The van der Waals surface area contributed by atoms with Crippen LogP contribution in [0.2, 0.25) is 0 Å². The Morgan fingerprint density at radius 2 is 1.68 bits per heavy atom. The first-order valence-corrected chi connectivity index (χ1v) is 12.6. The van der Waals surface area contributed by atoms with E-state index >= 15 is 0 Å². The van der Waals surface area contributed by atoms with Crippen LogP contribution in [-0.4, -0.2) is 16.7 Å². The molecule has 186 valence electrons. The zero-order chi connectivity index (χ0) is 25.9. The highest BCUT2D eigenvalue weighted by Crippen LogP contribution is 2.34. The fourth-order valence-electron chi connectivity index (χ4n) is 4.97. The number of para-hydroxylation sites is 1. The third-order valence-electron chi connectivity index (χ3n) is 6.72. The van der Waals surface area contributed by atoms with E-state index in [0.717, 1.165) is 50.5 Å². The van der Waals surface area contributed by atoms with Gasteiger partial charge in [-0.25, -0.2) is 0 Å². The van der Waals surface area contributed by atoms with Crippen LogP contribution in [0.25, 0.3) is 11.1 Å². The van der Waals surface area contributed by atoms with Gasteiger partial charge in [0.05, 0.1) is 12.5 Å². The van der Waals surface area contributed by atoms with Gasteiger partial charge in [-0.3, -0.25) is 14.6 Å². The lowest BCUT2D eigenvalue weighted by atomic mass is 9.96. The molecule has 2 heterocycles. The van der Waals surface area contributed by atoms with Gasteiger partial charge in [-0.15, -0.1) is 0 Å². The van der Waals surface area contributed by atoms with Crippen molar-refractivity contribution in [2.75, 3.05) is 5.32 Å². The number of pyridine rings is 1. The molecule has 5 heteroatoms. The van der Waals surface area contributed by atoms with E-state index in [1.165, 1.54) is 0 Å². The molecule has 0 fully saturated rings. The minimum Gasteiger partial charge on any atom is -0.426 e. The number of fused-ring (bicyclic) bond motifs is 1. The second-order valence-corrected chi connectivity index (χ2v) is 9.78. The standard InChI is InChI=1S/C32H30N2O3/c1-20-12-30-27(16-25(20)18-32(36)37-29-10-5-4-6-11-29)17-28(35)19-31(34-30)24-9-7-8-23(15-24)26-13-21(2)33-22(3)14-26/h4-16,31,34H,17-19H2,1-3H3. The van der Waals surface area contributed by atoms with Crippen LogP contribution < -0.4 is 10.1 Å². The highest BCUT2D eigenvalue weighted by atomic mass is 16.5. The van der Waals surface area contributed by atoms with Crippen LogP contribution in [0.4, 0.5) is 5.69 Å². The van der Waals surface area contributed by atoms with Gasteiger partial charge in [0.2, 0.25) is 0 Å². The van der Waals surface area contributed by atoms with Gasteiger partial charge in [-0.05, 0) is 90.6 Å². The van der Waals surface area contributed by atoms with Crippen LogP contribution in [0.3, 0.4) is 0 Å². The number of ketones is 1. The number of ether oxygens (including phenoxy) is 1. The van der Waals surface area contributed by atoms with Crippen molar-refractivity contribution in [2.24, 2.45) is 0 Å². The van der Waals surface area contributed by atoms with Gasteiger partial charge in [0, 0.05) is 29.9 Å². The Labute approximate surface area is 217 Å². The van der Waals surface area contributed by atoms with Crippen LogP contribution in [0, 0.1) is 20.8 Å². The lowest BCUT2D eigenvalue weighted by Crippen LogP contribution is -2.13. The summed E-state index contributed by atoms with van der Waals surface area (Å²) in [5, 5.41) is 3.62. The number of benzene rings is 3. The number of hydrogen-bond acceptors (Lipinski definition) is 5. The van der Waals surface area contributed by atoms with Gasteiger partial charge in [0.1, 0.15) is 11.5 Å². The molecule has 4 aromatic rings. The molecule has 3 aromatic carbocycles. The number of aryl methyl sites for hydroxylation is 3. The summed E-state index contributed by atoms with van der Waals surface area (Å²) in [4.78, 5) is 30.0. The van der Waals surface area contributed by atoms with Crippen LogP contribution in [0.15, 0.2) is 78.9 Å². The molecule has 0 saturated heterocycles. The van der Waals surface area contributed by atoms with Crippen molar-refractivity contribution in [3.63, 3.8) is 0 Å². The molecule has 1 unspecified atom stereocenters. The zero-order valence-corrected chi connectivity index (χ0v) is 21.4. The van der Waals surface area contributed by atoms with E-state index in [4.69, 9.17) is 4.74 Å². The second kappa shape index (κ2) is 10.4. The van der Waals surface area contributed by atoms with Crippen LogP contribution >= 0.6 is 0 Å². The molecule has 1 N–H and O–H groups in total. The van der Waals surface area contributed by atoms with E-state index in [1.54, 1.807) is 12.1 Å². The molecular weight excluding hydrogens is 460 g/mol. The van der Waals surface area contributed by atoms with Crippen molar-refractivity contribution in [3.8, 4) is 16.9 Å². The molecule has 1 aliphatic rings. The molecule has 5 nitrogen and oxygen atoms in total. The number of hydrogen-bond donors (Lipinski definition) is 1. The largest absolute Gasteiger partial charge is 0.426 e. The fourth-order valence-corrected chi connectivity index (χ4v) is 4.97. The molecule has 1 aromatic heterocycles. The van der Waals surface area contributed by atoms with E-state index in [1.807, 2.05) is 57.2 Å². The highest BCUT2D eigenvalue weighted by molar-refractivity contribution is 5.86. The molecule has 0 bridgehead atoms. The Bertz CT molecular complexity index is 1460. The Hall–Kier alpha value is -4.25. The molecule has 0 spiro atoms. The Morgan fingerprint density at radius 3 is 2.43 bits per heavy atom. The number of nitrogens with zero attached hydrogens (tertiary/aromatic N) is 1. The molecule has 5 rings (SSSR count). The van der Waals surface area contributed by atoms with E-state index in [0.29, 0.717) is 18.6 Å². The predicted octanol–water partition coefficient (Wildman–Crippen LogP) is 6.49. The van der Waals surface area contributed by atoms with Gasteiger partial charge < -0.3 is 10.1 Å². The van der Waals surface area contributed by atoms with Crippen molar-refractivity contribution in [3.05, 3.63) is 113 Å². The first kappa shape index (κ1) is 24.4. The number of nitrogens with one attached hydrogen (secondary N) is 1. The molecule has 0 amide bonds. The van der Waals surface area contributed by atoms with Crippen molar-refractivity contribution in [1.29, 1.82) is 0 Å². The van der Waals surface area contributed by atoms with E-state index in [-0.39, 0.29) is 24.2 Å². The molecule has 0 saturated carbocycles. The molecular formula is C32H30N2O3. The fraction of sp³-hybridized carbons (Fsp3) is 0.219. The predicted molar refractivity (Wildman–Crippen MR) is 146 cm³/mol. The molecule has 1 atom stereocenters. The number of anilines is 1. The van der Waals surface area contributed by atoms with Crippen LogP contribution in [-0.2, 0) is 22.4 Å². The van der Waals surface area contributed by atoms with Gasteiger partial charge in [0.15, 0.2) is 0 Å². The summed E-state index contributed by atoms with van der Waals surface area (Å²) in [7, 11) is 0. The summed E-state index contributed by atoms with van der Waals surface area (Å²) >= 11 is 0. The maximum atomic E-state index is 13.0. The first-order chi connectivity index (χ1) is 17.8. The number of Topliss-reactive ketones (excluding diaryl/α,β-unsaturated/α-hetero) is 1. The quantitative estimate of drug-likeness (QED) is 0.256. The number of aromatic nitrogens is 1. The lowest BCUT2D eigenvalue weighted by molar-refractivity contribution is -0.133. The van der Waals surface area contributed by atoms with E-state index < -0.39 is 0 Å². The number of esters is 1. The monoisotopic (exact) mass is 490 g/mol. The smallest absolute Gasteiger partial charge is 0.315 e. The number of carbonyl (C=O) groups excluding carboxylic acids is 2. The van der Waals surface area contributed by atoms with Gasteiger partial charge in [0.25, 0.3) is 0 Å². The van der Waals surface area contributed by atoms with Gasteiger partial charge in [-0.1, -0.05) is 42.5 Å². The Morgan fingerprint density at radius 1 is 0.919 bits per heavy atom. The summed E-state index contributed by atoms with van der Waals surface area (Å²) in [6, 6.07) is 25.5. The molecule has 37 heavy (non-hydrogen) atoms. The van der Waals surface area contributed by atoms with Crippen molar-refractivity contribution < 1.29 is 14.3 Å². The first-order valence-electron chi connectivity index (χ1n) is 12.6. The van der Waals surface area contributed by atoms with E-state index in [9.17, 15) is 9.59 Å².